The first-order chi connectivity index (χ1) is 6.96. The molecule has 0 aromatic carbocycles. The van der Waals surface area contributed by atoms with E-state index in [1.807, 2.05) is 6.92 Å². The van der Waals surface area contributed by atoms with Crippen LogP contribution in [-0.2, 0) is 23.6 Å². The highest BCUT2D eigenvalue weighted by atomic mass is 32.2. The molecule has 0 aliphatic carbocycles. The van der Waals surface area contributed by atoms with E-state index in [1.54, 1.807) is 24.0 Å². The van der Waals surface area contributed by atoms with Gasteiger partial charge in [0.05, 0.1) is 12.3 Å². The van der Waals surface area contributed by atoms with E-state index in [0.29, 0.717) is 0 Å². The van der Waals surface area contributed by atoms with Crippen LogP contribution < -0.4 is 4.72 Å². The molecule has 1 N–H and O–H groups in total. The number of hydrogen-bond donors (Lipinski definition) is 1. The number of aromatic nitrogens is 2. The van der Waals surface area contributed by atoms with Crippen LogP contribution in [0, 0.1) is 18.3 Å². The van der Waals surface area contributed by atoms with Crippen LogP contribution in [0.15, 0.2) is 6.20 Å². The summed E-state index contributed by atoms with van der Waals surface area (Å²) in [7, 11) is -1.71. The lowest BCUT2D eigenvalue weighted by atomic mass is 10.3. The summed E-state index contributed by atoms with van der Waals surface area (Å²) < 4.78 is 26.3. The summed E-state index contributed by atoms with van der Waals surface area (Å²) in [6, 6.07) is 1.59. The number of nitrogens with zero attached hydrogens (tertiary/aromatic N) is 3. The predicted molar refractivity (Wildman–Crippen MR) is 54.2 cm³/mol. The molecule has 0 aliphatic rings. The molecule has 1 aromatic heterocycles. The Morgan fingerprint density at radius 1 is 1.67 bits per heavy atom. The van der Waals surface area contributed by atoms with E-state index in [1.165, 1.54) is 0 Å². The van der Waals surface area contributed by atoms with Crippen molar-refractivity contribution in [1.29, 1.82) is 5.26 Å². The molecule has 82 valence electrons. The lowest BCUT2D eigenvalue weighted by Crippen LogP contribution is -2.25. The second kappa shape index (κ2) is 4.42. The van der Waals surface area contributed by atoms with Crippen LogP contribution in [0.25, 0.3) is 0 Å². The van der Waals surface area contributed by atoms with Crippen molar-refractivity contribution in [2.75, 3.05) is 5.75 Å². The molecule has 0 bridgehead atoms. The van der Waals surface area contributed by atoms with Gasteiger partial charge in [0, 0.05) is 24.8 Å². The molecule has 0 aliphatic heterocycles. The fourth-order valence-electron chi connectivity index (χ4n) is 1.04. The lowest BCUT2D eigenvalue weighted by Gasteiger charge is -2.02. The SMILES string of the molecule is Cc1c(CNS(=O)(=O)CC#N)cnn1C. The summed E-state index contributed by atoms with van der Waals surface area (Å²) in [5.74, 6) is -0.522. The monoisotopic (exact) mass is 228 g/mol. The average molecular weight is 228 g/mol. The zero-order valence-electron chi connectivity index (χ0n) is 8.56. The molecule has 0 unspecified atom stereocenters. The van der Waals surface area contributed by atoms with Crippen LogP contribution in [0.3, 0.4) is 0 Å². The second-order valence-corrected chi connectivity index (χ2v) is 4.92. The maximum absolute atomic E-state index is 11.2. The van der Waals surface area contributed by atoms with Crippen molar-refractivity contribution >= 4 is 10.0 Å². The minimum absolute atomic E-state index is 0.170. The molecule has 0 spiro atoms. The van der Waals surface area contributed by atoms with Gasteiger partial charge in [0.1, 0.15) is 0 Å². The van der Waals surface area contributed by atoms with Gasteiger partial charge in [0.15, 0.2) is 5.75 Å². The van der Waals surface area contributed by atoms with Crippen molar-refractivity contribution in [1.82, 2.24) is 14.5 Å². The standard InChI is InChI=1S/C8H12N4O2S/c1-7-8(5-10-12(7)2)6-11-15(13,14)4-3-9/h5,11H,4,6H2,1-2H3. The van der Waals surface area contributed by atoms with Crippen LogP contribution >= 0.6 is 0 Å². The Morgan fingerprint density at radius 3 is 2.80 bits per heavy atom. The highest BCUT2D eigenvalue weighted by Crippen LogP contribution is 2.05. The van der Waals surface area contributed by atoms with E-state index < -0.39 is 15.8 Å². The number of rotatable bonds is 4. The maximum Gasteiger partial charge on any atom is 0.225 e. The molecule has 0 atom stereocenters. The van der Waals surface area contributed by atoms with Crippen molar-refractivity contribution in [2.24, 2.45) is 7.05 Å². The summed E-state index contributed by atoms with van der Waals surface area (Å²) in [4.78, 5) is 0. The van der Waals surface area contributed by atoms with Gasteiger partial charge in [-0.3, -0.25) is 4.68 Å². The van der Waals surface area contributed by atoms with E-state index in [-0.39, 0.29) is 6.54 Å². The first kappa shape index (κ1) is 11.7. The van der Waals surface area contributed by atoms with Gasteiger partial charge in [-0.25, -0.2) is 13.1 Å². The van der Waals surface area contributed by atoms with Crippen molar-refractivity contribution in [3.63, 3.8) is 0 Å². The van der Waals surface area contributed by atoms with Crippen LogP contribution in [0.5, 0.6) is 0 Å². The molecule has 0 saturated heterocycles. The number of sulfonamides is 1. The van der Waals surface area contributed by atoms with Crippen LogP contribution in [0.2, 0.25) is 0 Å². The minimum Gasteiger partial charge on any atom is -0.273 e. The Kier molecular flexibility index (Phi) is 3.44. The van der Waals surface area contributed by atoms with Gasteiger partial charge < -0.3 is 0 Å². The third-order valence-electron chi connectivity index (χ3n) is 2.07. The molecule has 1 heterocycles. The Labute approximate surface area is 88.6 Å². The molecule has 15 heavy (non-hydrogen) atoms. The van der Waals surface area contributed by atoms with Crippen LogP contribution in [0.1, 0.15) is 11.3 Å². The largest absolute Gasteiger partial charge is 0.273 e. The summed E-state index contributed by atoms with van der Waals surface area (Å²) in [6.45, 7) is 2.02. The fraction of sp³-hybridized carbons (Fsp3) is 0.500. The molecule has 1 aromatic rings. The third kappa shape index (κ3) is 3.04. The zero-order chi connectivity index (χ0) is 11.5. The first-order valence-electron chi connectivity index (χ1n) is 4.28. The maximum atomic E-state index is 11.2. The summed E-state index contributed by atoms with van der Waals surface area (Å²) in [6.07, 6.45) is 1.60. The molecule has 0 saturated carbocycles. The average Bonchev–Trinajstić information content (AvgIpc) is 2.45. The van der Waals surface area contributed by atoms with Gasteiger partial charge >= 0.3 is 0 Å². The van der Waals surface area contributed by atoms with Crippen molar-refractivity contribution in [2.45, 2.75) is 13.5 Å². The normalized spacial score (nSPS) is 11.3. The van der Waals surface area contributed by atoms with E-state index in [2.05, 4.69) is 9.82 Å². The molecule has 6 nitrogen and oxygen atoms in total. The molecule has 0 amide bonds. The van der Waals surface area contributed by atoms with Gasteiger partial charge in [0.25, 0.3) is 0 Å². The molecular formula is C8H12N4O2S. The van der Waals surface area contributed by atoms with E-state index >= 15 is 0 Å². The topological polar surface area (TPSA) is 87.8 Å². The van der Waals surface area contributed by atoms with Gasteiger partial charge in [-0.1, -0.05) is 0 Å². The molecular weight excluding hydrogens is 216 g/mol. The summed E-state index contributed by atoms with van der Waals surface area (Å²) in [5.41, 5.74) is 1.70. The van der Waals surface area contributed by atoms with E-state index in [0.717, 1.165) is 11.3 Å². The second-order valence-electron chi connectivity index (χ2n) is 3.12. The number of hydrogen-bond acceptors (Lipinski definition) is 4. The highest BCUT2D eigenvalue weighted by molar-refractivity contribution is 7.89. The van der Waals surface area contributed by atoms with Crippen LogP contribution in [-0.4, -0.2) is 24.0 Å². The van der Waals surface area contributed by atoms with E-state index in [9.17, 15) is 8.42 Å². The lowest BCUT2D eigenvalue weighted by molar-refractivity contribution is 0.584. The number of aryl methyl sites for hydroxylation is 1. The molecule has 7 heteroatoms. The molecule has 0 radical (unpaired) electrons. The third-order valence-corrected chi connectivity index (χ3v) is 3.17. The Hall–Kier alpha value is -1.39. The predicted octanol–water partition coefficient (Wildman–Crippen LogP) is -0.329. The Bertz CT molecular complexity index is 483. The van der Waals surface area contributed by atoms with Gasteiger partial charge in [-0.15, -0.1) is 0 Å². The van der Waals surface area contributed by atoms with Crippen molar-refractivity contribution < 1.29 is 8.42 Å². The first-order valence-corrected chi connectivity index (χ1v) is 5.93. The van der Waals surface area contributed by atoms with Gasteiger partial charge in [-0.05, 0) is 6.92 Å². The van der Waals surface area contributed by atoms with Crippen LogP contribution in [0.4, 0.5) is 0 Å². The van der Waals surface area contributed by atoms with Gasteiger partial charge in [-0.2, -0.15) is 10.4 Å². The van der Waals surface area contributed by atoms with Gasteiger partial charge in [0.2, 0.25) is 10.0 Å². The summed E-state index contributed by atoms with van der Waals surface area (Å²) in [5, 5.41) is 12.3. The highest BCUT2D eigenvalue weighted by Gasteiger charge is 2.10. The smallest absolute Gasteiger partial charge is 0.225 e. The molecule has 1 rings (SSSR count). The van der Waals surface area contributed by atoms with Crippen molar-refractivity contribution in [3.8, 4) is 6.07 Å². The molecule has 0 fully saturated rings. The fourth-order valence-corrected chi connectivity index (χ4v) is 1.69. The quantitative estimate of drug-likeness (QED) is 0.764. The summed E-state index contributed by atoms with van der Waals surface area (Å²) >= 11 is 0. The Morgan fingerprint density at radius 2 is 2.33 bits per heavy atom. The minimum atomic E-state index is -3.49. The van der Waals surface area contributed by atoms with E-state index in [4.69, 9.17) is 5.26 Å². The number of nitriles is 1. The number of nitrogens with one attached hydrogen (secondary N) is 1. The van der Waals surface area contributed by atoms with Crippen molar-refractivity contribution in [3.05, 3.63) is 17.5 Å². The Balaban J connectivity index is 2.67. The zero-order valence-corrected chi connectivity index (χ0v) is 9.37.